The van der Waals surface area contributed by atoms with Crippen LogP contribution in [0.15, 0.2) is 42.5 Å². The van der Waals surface area contributed by atoms with Crippen molar-refractivity contribution in [2.45, 2.75) is 19.9 Å². The Labute approximate surface area is 101 Å². The summed E-state index contributed by atoms with van der Waals surface area (Å²) in [5.74, 6) is 0. The monoisotopic (exact) mass is 231 g/mol. The highest BCUT2D eigenvalue weighted by Crippen LogP contribution is 2.27. The second-order valence-electron chi connectivity index (χ2n) is 3.81. The summed E-state index contributed by atoms with van der Waals surface area (Å²) in [5.41, 5.74) is 1.31. The van der Waals surface area contributed by atoms with E-state index in [1.54, 1.807) is 0 Å². The predicted molar refractivity (Wildman–Crippen MR) is 71.8 cm³/mol. The molecule has 1 N–H and O–H groups in total. The molecule has 0 amide bonds. The fraction of sp³-hybridized carbons (Fsp3) is 0.286. The van der Waals surface area contributed by atoms with Gasteiger partial charge in [0.15, 0.2) is 0 Å². The Morgan fingerprint density at radius 2 is 1.88 bits per heavy atom. The Morgan fingerprint density at radius 3 is 2.62 bits per heavy atom. The molecule has 84 valence electrons. The Hall–Kier alpha value is -1.12. The zero-order chi connectivity index (χ0) is 11.2. The number of thiophene rings is 1. The van der Waals surface area contributed by atoms with Crippen LogP contribution in [-0.4, -0.2) is 6.54 Å². The van der Waals surface area contributed by atoms with Crippen LogP contribution in [0.4, 0.5) is 0 Å². The van der Waals surface area contributed by atoms with Crippen molar-refractivity contribution in [1.29, 1.82) is 0 Å². The molecule has 2 rings (SSSR count). The van der Waals surface area contributed by atoms with Crippen molar-refractivity contribution in [3.05, 3.63) is 47.3 Å². The molecule has 0 spiro atoms. The van der Waals surface area contributed by atoms with Gasteiger partial charge < -0.3 is 5.32 Å². The summed E-state index contributed by atoms with van der Waals surface area (Å²) >= 11 is 1.87. The van der Waals surface area contributed by atoms with Gasteiger partial charge in [-0.2, -0.15) is 0 Å². The molecular formula is C14H17NS. The van der Waals surface area contributed by atoms with E-state index in [1.165, 1.54) is 21.7 Å². The lowest BCUT2D eigenvalue weighted by Gasteiger charge is -1.99. The van der Waals surface area contributed by atoms with Crippen molar-refractivity contribution >= 4 is 11.3 Å². The van der Waals surface area contributed by atoms with E-state index in [9.17, 15) is 0 Å². The highest BCUT2D eigenvalue weighted by molar-refractivity contribution is 7.15. The zero-order valence-electron chi connectivity index (χ0n) is 9.57. The van der Waals surface area contributed by atoms with Gasteiger partial charge in [-0.3, -0.25) is 0 Å². The molecule has 0 aliphatic rings. The van der Waals surface area contributed by atoms with Gasteiger partial charge >= 0.3 is 0 Å². The number of nitrogens with one attached hydrogen (secondary N) is 1. The summed E-state index contributed by atoms with van der Waals surface area (Å²) in [4.78, 5) is 2.77. The maximum atomic E-state index is 3.43. The molecule has 0 bridgehead atoms. The first-order valence-corrected chi connectivity index (χ1v) is 6.56. The molecule has 1 aromatic carbocycles. The fourth-order valence-corrected chi connectivity index (χ4v) is 2.60. The number of rotatable bonds is 5. The lowest BCUT2D eigenvalue weighted by atomic mass is 10.2. The van der Waals surface area contributed by atoms with Crippen LogP contribution in [0.5, 0.6) is 0 Å². The van der Waals surface area contributed by atoms with Crippen molar-refractivity contribution in [2.75, 3.05) is 6.54 Å². The standard InChI is InChI=1S/C14H17NS/c1-2-10-15-11-13-8-9-14(16-13)12-6-4-3-5-7-12/h3-9,15H,2,10-11H2,1H3. The first-order valence-electron chi connectivity index (χ1n) is 5.75. The van der Waals surface area contributed by atoms with Crippen molar-refractivity contribution in [3.63, 3.8) is 0 Å². The third kappa shape index (κ3) is 2.94. The van der Waals surface area contributed by atoms with Crippen LogP contribution in [-0.2, 0) is 6.54 Å². The van der Waals surface area contributed by atoms with Gasteiger partial charge in [-0.05, 0) is 30.7 Å². The zero-order valence-corrected chi connectivity index (χ0v) is 10.4. The van der Waals surface area contributed by atoms with E-state index in [0.717, 1.165) is 13.1 Å². The van der Waals surface area contributed by atoms with Gasteiger partial charge in [0.2, 0.25) is 0 Å². The molecule has 0 radical (unpaired) electrons. The largest absolute Gasteiger partial charge is 0.312 e. The molecule has 1 nitrogen and oxygen atoms in total. The molecule has 0 aliphatic carbocycles. The van der Waals surface area contributed by atoms with Crippen molar-refractivity contribution in [3.8, 4) is 10.4 Å². The third-order valence-corrected chi connectivity index (χ3v) is 3.58. The van der Waals surface area contributed by atoms with Crippen LogP contribution in [0.2, 0.25) is 0 Å². The molecule has 16 heavy (non-hydrogen) atoms. The Bertz CT molecular complexity index is 419. The summed E-state index contributed by atoms with van der Waals surface area (Å²) in [5, 5.41) is 3.43. The highest BCUT2D eigenvalue weighted by Gasteiger charge is 2.01. The maximum absolute atomic E-state index is 3.43. The fourth-order valence-electron chi connectivity index (χ4n) is 1.62. The van der Waals surface area contributed by atoms with E-state index >= 15 is 0 Å². The van der Waals surface area contributed by atoms with E-state index in [4.69, 9.17) is 0 Å². The molecule has 0 atom stereocenters. The topological polar surface area (TPSA) is 12.0 Å². The molecule has 0 fully saturated rings. The molecule has 0 aliphatic heterocycles. The van der Waals surface area contributed by atoms with Gasteiger partial charge in [0.1, 0.15) is 0 Å². The van der Waals surface area contributed by atoms with Crippen LogP contribution in [0.1, 0.15) is 18.2 Å². The van der Waals surface area contributed by atoms with Crippen LogP contribution in [0, 0.1) is 0 Å². The Kier molecular flexibility index (Phi) is 4.14. The third-order valence-electron chi connectivity index (χ3n) is 2.45. The summed E-state index contributed by atoms with van der Waals surface area (Å²) in [7, 11) is 0. The Balaban J connectivity index is 2.02. The number of hydrogen-bond donors (Lipinski definition) is 1. The minimum atomic E-state index is 0.991. The smallest absolute Gasteiger partial charge is 0.0346 e. The lowest BCUT2D eigenvalue weighted by Crippen LogP contribution is -2.12. The summed E-state index contributed by atoms with van der Waals surface area (Å²) in [6.07, 6.45) is 1.19. The Morgan fingerprint density at radius 1 is 1.06 bits per heavy atom. The van der Waals surface area contributed by atoms with E-state index in [-0.39, 0.29) is 0 Å². The minimum absolute atomic E-state index is 0.991. The second kappa shape index (κ2) is 5.83. The molecule has 0 saturated carbocycles. The van der Waals surface area contributed by atoms with Crippen molar-refractivity contribution < 1.29 is 0 Å². The lowest BCUT2D eigenvalue weighted by molar-refractivity contribution is 0.681. The molecule has 2 aromatic rings. The quantitative estimate of drug-likeness (QED) is 0.769. The van der Waals surface area contributed by atoms with Gasteiger partial charge in [-0.25, -0.2) is 0 Å². The average molecular weight is 231 g/mol. The van der Waals surface area contributed by atoms with E-state index in [0.29, 0.717) is 0 Å². The van der Waals surface area contributed by atoms with Gasteiger partial charge in [-0.15, -0.1) is 11.3 Å². The van der Waals surface area contributed by atoms with E-state index in [2.05, 4.69) is 54.7 Å². The van der Waals surface area contributed by atoms with Crippen LogP contribution in [0.25, 0.3) is 10.4 Å². The number of benzene rings is 1. The summed E-state index contributed by atoms with van der Waals surface area (Å²) < 4.78 is 0. The maximum Gasteiger partial charge on any atom is 0.0346 e. The van der Waals surface area contributed by atoms with Crippen molar-refractivity contribution in [2.24, 2.45) is 0 Å². The first-order chi connectivity index (χ1) is 7.90. The van der Waals surface area contributed by atoms with Gasteiger partial charge in [0, 0.05) is 16.3 Å². The molecule has 0 unspecified atom stereocenters. The van der Waals surface area contributed by atoms with E-state index in [1.807, 2.05) is 11.3 Å². The molecule has 0 saturated heterocycles. The predicted octanol–water partition coefficient (Wildman–Crippen LogP) is 3.91. The van der Waals surface area contributed by atoms with Gasteiger partial charge in [0.05, 0.1) is 0 Å². The van der Waals surface area contributed by atoms with Crippen LogP contribution in [0.3, 0.4) is 0 Å². The average Bonchev–Trinajstić information content (AvgIpc) is 2.79. The van der Waals surface area contributed by atoms with E-state index < -0.39 is 0 Å². The molecular weight excluding hydrogens is 214 g/mol. The highest BCUT2D eigenvalue weighted by atomic mass is 32.1. The number of hydrogen-bond acceptors (Lipinski definition) is 2. The van der Waals surface area contributed by atoms with Gasteiger partial charge in [-0.1, -0.05) is 37.3 Å². The van der Waals surface area contributed by atoms with Gasteiger partial charge in [0.25, 0.3) is 0 Å². The SMILES string of the molecule is CCCNCc1ccc(-c2ccccc2)s1. The van der Waals surface area contributed by atoms with Crippen molar-refractivity contribution in [1.82, 2.24) is 5.32 Å². The normalized spacial score (nSPS) is 10.6. The molecule has 1 heterocycles. The van der Waals surface area contributed by atoms with Crippen LogP contribution < -0.4 is 5.32 Å². The summed E-state index contributed by atoms with van der Waals surface area (Å²) in [6.45, 7) is 4.28. The molecule has 1 aromatic heterocycles. The second-order valence-corrected chi connectivity index (χ2v) is 4.98. The minimum Gasteiger partial charge on any atom is -0.312 e. The molecule has 2 heteroatoms. The summed E-state index contributed by atoms with van der Waals surface area (Å²) in [6, 6.07) is 15.0. The van der Waals surface area contributed by atoms with Crippen LogP contribution >= 0.6 is 11.3 Å². The first kappa shape index (κ1) is 11.4.